The lowest BCUT2D eigenvalue weighted by Crippen LogP contribution is -2.36. The molecule has 39 heavy (non-hydrogen) atoms. The summed E-state index contributed by atoms with van der Waals surface area (Å²) in [6.45, 7) is 0.327. The SMILES string of the molecule is CC1CCCC1n1c(=O)c(OC(F)F)cc2cnc(NC3CCN(Sc4ccc(C(F)(F)F)cc4)CC3)nc21. The van der Waals surface area contributed by atoms with Gasteiger partial charge < -0.3 is 10.1 Å². The molecular formula is C26H28F5N5O2S. The van der Waals surface area contributed by atoms with Crippen LogP contribution in [0.15, 0.2) is 46.2 Å². The fraction of sp³-hybridized carbons (Fsp3) is 0.500. The van der Waals surface area contributed by atoms with Gasteiger partial charge >= 0.3 is 12.8 Å². The van der Waals surface area contributed by atoms with Gasteiger partial charge in [-0.1, -0.05) is 13.3 Å². The molecule has 7 nitrogen and oxygen atoms in total. The quantitative estimate of drug-likeness (QED) is 0.262. The Hall–Kier alpha value is -2.93. The van der Waals surface area contributed by atoms with Crippen LogP contribution < -0.4 is 15.6 Å². The Morgan fingerprint density at radius 1 is 1.10 bits per heavy atom. The predicted octanol–water partition coefficient (Wildman–Crippen LogP) is 6.36. The summed E-state index contributed by atoms with van der Waals surface area (Å²) in [6, 6.07) is 6.27. The van der Waals surface area contributed by atoms with Crippen LogP contribution in [-0.4, -0.2) is 44.6 Å². The first-order valence-electron chi connectivity index (χ1n) is 12.8. The van der Waals surface area contributed by atoms with Crippen molar-refractivity contribution in [2.75, 3.05) is 18.4 Å². The Balaban J connectivity index is 1.29. The van der Waals surface area contributed by atoms with Crippen LogP contribution in [0.25, 0.3) is 11.0 Å². The van der Waals surface area contributed by atoms with Crippen LogP contribution in [0.4, 0.5) is 27.9 Å². The molecule has 2 fully saturated rings. The fourth-order valence-corrected chi connectivity index (χ4v) is 6.24. The molecule has 13 heteroatoms. The molecule has 0 bridgehead atoms. The molecule has 0 spiro atoms. The third-order valence-electron chi connectivity index (χ3n) is 7.31. The van der Waals surface area contributed by atoms with Gasteiger partial charge in [-0.2, -0.15) is 26.9 Å². The van der Waals surface area contributed by atoms with Crippen molar-refractivity contribution >= 4 is 28.9 Å². The molecule has 2 aliphatic rings. The minimum absolute atomic E-state index is 0.0546. The van der Waals surface area contributed by atoms with Gasteiger partial charge in [0, 0.05) is 41.7 Å². The highest BCUT2D eigenvalue weighted by Gasteiger charge is 2.31. The Morgan fingerprint density at radius 2 is 1.82 bits per heavy atom. The zero-order valence-electron chi connectivity index (χ0n) is 21.1. The predicted molar refractivity (Wildman–Crippen MR) is 138 cm³/mol. The van der Waals surface area contributed by atoms with Gasteiger partial charge in [-0.15, -0.1) is 0 Å². The first-order chi connectivity index (χ1) is 18.6. The number of hydrogen-bond donors (Lipinski definition) is 1. The van der Waals surface area contributed by atoms with Crippen molar-refractivity contribution in [2.45, 2.75) is 68.8 Å². The Kier molecular flexibility index (Phi) is 7.99. The summed E-state index contributed by atoms with van der Waals surface area (Å²) >= 11 is 1.42. The number of rotatable bonds is 7. The maximum atomic E-state index is 13.2. The zero-order valence-corrected chi connectivity index (χ0v) is 21.9. The molecule has 3 heterocycles. The number of pyridine rings is 1. The monoisotopic (exact) mass is 569 g/mol. The third-order valence-corrected chi connectivity index (χ3v) is 8.41. The van der Waals surface area contributed by atoms with Crippen LogP contribution in [0.3, 0.4) is 0 Å². The molecular weight excluding hydrogens is 541 g/mol. The Morgan fingerprint density at radius 3 is 2.44 bits per heavy atom. The molecule has 1 aromatic carbocycles. The van der Waals surface area contributed by atoms with Crippen LogP contribution in [0, 0.1) is 5.92 Å². The zero-order chi connectivity index (χ0) is 27.7. The van der Waals surface area contributed by atoms with Crippen molar-refractivity contribution in [1.82, 2.24) is 18.8 Å². The smallest absolute Gasteiger partial charge is 0.416 e. The van der Waals surface area contributed by atoms with E-state index in [0.29, 0.717) is 30.1 Å². The lowest BCUT2D eigenvalue weighted by molar-refractivity contribution is -0.137. The van der Waals surface area contributed by atoms with E-state index in [-0.39, 0.29) is 18.0 Å². The second kappa shape index (κ2) is 11.3. The van der Waals surface area contributed by atoms with Crippen molar-refractivity contribution < 1.29 is 26.7 Å². The molecule has 2 unspecified atom stereocenters. The van der Waals surface area contributed by atoms with E-state index in [9.17, 15) is 26.7 Å². The molecule has 0 radical (unpaired) electrons. The Bertz CT molecular complexity index is 1360. The molecule has 1 saturated heterocycles. The first kappa shape index (κ1) is 27.6. The molecule has 0 amide bonds. The van der Waals surface area contributed by atoms with Gasteiger partial charge in [-0.25, -0.2) is 9.29 Å². The third kappa shape index (κ3) is 6.29. The van der Waals surface area contributed by atoms with Crippen molar-refractivity contribution in [3.63, 3.8) is 0 Å². The number of alkyl halides is 5. The van der Waals surface area contributed by atoms with E-state index in [1.807, 2.05) is 6.92 Å². The van der Waals surface area contributed by atoms with E-state index >= 15 is 0 Å². The summed E-state index contributed by atoms with van der Waals surface area (Å²) < 4.78 is 72.4. The fourth-order valence-electron chi connectivity index (χ4n) is 5.29. The number of hydrogen-bond acceptors (Lipinski definition) is 7. The second-order valence-electron chi connectivity index (χ2n) is 9.97. The summed E-state index contributed by atoms with van der Waals surface area (Å²) in [7, 11) is 0. The number of anilines is 1. The lowest BCUT2D eigenvalue weighted by Gasteiger charge is -2.31. The first-order valence-corrected chi connectivity index (χ1v) is 13.6. The van der Waals surface area contributed by atoms with E-state index in [2.05, 4.69) is 24.3 Å². The molecule has 1 aliphatic carbocycles. The van der Waals surface area contributed by atoms with E-state index in [4.69, 9.17) is 0 Å². The highest BCUT2D eigenvalue weighted by molar-refractivity contribution is 7.97. The molecule has 1 aliphatic heterocycles. The van der Waals surface area contributed by atoms with Crippen LogP contribution >= 0.6 is 11.9 Å². The highest BCUT2D eigenvalue weighted by atomic mass is 32.2. The van der Waals surface area contributed by atoms with Gasteiger partial charge in [0.2, 0.25) is 5.95 Å². The standard InChI is InChI=1S/C26H28F5N5O2S/c1-15-3-2-4-20(15)36-22-16(13-21(23(36)37)38-24(27)28)14-32-25(34-22)33-18-9-11-35(12-10-18)39-19-7-5-17(6-8-19)26(29,30)31/h5-8,13-15,18,20,24H,2-4,9-12H2,1H3,(H,32,33,34). The normalized spacial score (nSPS) is 21.1. The maximum absolute atomic E-state index is 13.2. The van der Waals surface area contributed by atoms with Crippen molar-refractivity contribution in [3.8, 4) is 5.75 Å². The molecule has 3 aromatic rings. The largest absolute Gasteiger partial charge is 0.429 e. The number of ether oxygens (including phenoxy) is 1. The van der Waals surface area contributed by atoms with E-state index in [0.717, 1.165) is 49.1 Å². The number of nitrogens with zero attached hydrogens (tertiary/aromatic N) is 4. The van der Waals surface area contributed by atoms with Crippen LogP contribution in [0.2, 0.25) is 0 Å². The number of aromatic nitrogens is 3. The molecule has 5 rings (SSSR count). The van der Waals surface area contributed by atoms with Crippen molar-refractivity contribution in [1.29, 1.82) is 0 Å². The molecule has 2 atom stereocenters. The number of benzene rings is 1. The molecule has 1 N–H and O–H groups in total. The van der Waals surface area contributed by atoms with Gasteiger partial charge in [0.05, 0.1) is 5.56 Å². The van der Waals surface area contributed by atoms with Gasteiger partial charge in [0.1, 0.15) is 5.65 Å². The van der Waals surface area contributed by atoms with E-state index < -0.39 is 29.7 Å². The topological polar surface area (TPSA) is 72.3 Å². The summed E-state index contributed by atoms with van der Waals surface area (Å²) in [4.78, 5) is 22.9. The summed E-state index contributed by atoms with van der Waals surface area (Å²) in [5, 5.41) is 3.77. The number of halogens is 5. The van der Waals surface area contributed by atoms with Crippen LogP contribution in [0.5, 0.6) is 5.75 Å². The summed E-state index contributed by atoms with van der Waals surface area (Å²) in [5.74, 6) is 0.113. The van der Waals surface area contributed by atoms with Crippen LogP contribution in [0.1, 0.15) is 50.6 Å². The van der Waals surface area contributed by atoms with Gasteiger partial charge in [0.15, 0.2) is 5.75 Å². The summed E-state index contributed by atoms with van der Waals surface area (Å²) in [5.41, 5.74) is -0.913. The average Bonchev–Trinajstić information content (AvgIpc) is 3.31. The Labute approximate surface area is 225 Å². The van der Waals surface area contributed by atoms with Crippen molar-refractivity contribution in [3.05, 3.63) is 52.4 Å². The lowest BCUT2D eigenvalue weighted by atomic mass is 10.1. The number of fused-ring (bicyclic) bond motifs is 1. The molecule has 210 valence electrons. The average molecular weight is 570 g/mol. The highest BCUT2D eigenvalue weighted by Crippen LogP contribution is 2.37. The van der Waals surface area contributed by atoms with Gasteiger partial charge in [-0.3, -0.25) is 9.36 Å². The maximum Gasteiger partial charge on any atom is 0.416 e. The van der Waals surface area contributed by atoms with E-state index in [1.54, 1.807) is 0 Å². The van der Waals surface area contributed by atoms with E-state index in [1.165, 1.54) is 40.9 Å². The van der Waals surface area contributed by atoms with Gasteiger partial charge in [-0.05, 0) is 73.9 Å². The minimum atomic E-state index is -4.36. The van der Waals surface area contributed by atoms with Crippen LogP contribution in [-0.2, 0) is 6.18 Å². The minimum Gasteiger partial charge on any atom is -0.429 e. The molecule has 2 aromatic heterocycles. The molecule has 1 saturated carbocycles. The second-order valence-corrected chi connectivity index (χ2v) is 11.1. The van der Waals surface area contributed by atoms with Crippen molar-refractivity contribution in [2.24, 2.45) is 5.92 Å². The number of piperidine rings is 1. The number of nitrogens with one attached hydrogen (secondary N) is 1. The summed E-state index contributed by atoms with van der Waals surface area (Å²) in [6.07, 6.45) is 1.26. The van der Waals surface area contributed by atoms with Gasteiger partial charge in [0.25, 0.3) is 5.56 Å².